The minimum absolute atomic E-state index is 0.101. The van der Waals surface area contributed by atoms with Crippen molar-refractivity contribution in [1.29, 1.82) is 0 Å². The maximum absolute atomic E-state index is 13.1. The average Bonchev–Trinajstić information content (AvgIpc) is 3.46. The Morgan fingerprint density at radius 2 is 1.77 bits per heavy atom. The molecule has 0 saturated carbocycles. The number of carbonyl (C=O) groups is 1. The van der Waals surface area contributed by atoms with Crippen LogP contribution in [0.25, 0.3) is 11.3 Å². The van der Waals surface area contributed by atoms with E-state index in [0.717, 1.165) is 48.0 Å². The number of aromatic nitrogens is 1. The van der Waals surface area contributed by atoms with Crippen LogP contribution in [0.3, 0.4) is 0 Å². The first-order chi connectivity index (χ1) is 15.3. The van der Waals surface area contributed by atoms with Gasteiger partial charge in [-0.3, -0.25) is 9.69 Å². The lowest BCUT2D eigenvalue weighted by Crippen LogP contribution is -2.48. The molecule has 3 aliphatic heterocycles. The highest BCUT2D eigenvalue weighted by molar-refractivity contribution is 5.95. The van der Waals surface area contributed by atoms with Gasteiger partial charge in [0, 0.05) is 32.7 Å². The number of rotatable bonds is 3. The molecule has 8 heteroatoms. The SMILES string of the molecule is O=C(c1noc2c1COc1ccccc1-2)N1CCN(Cc2ccc3c(c2)OCO3)CC1. The van der Waals surface area contributed by atoms with Crippen molar-refractivity contribution in [3.8, 4) is 28.6 Å². The fourth-order valence-corrected chi connectivity index (χ4v) is 4.31. The van der Waals surface area contributed by atoms with E-state index in [1.165, 1.54) is 5.56 Å². The quantitative estimate of drug-likeness (QED) is 0.646. The number of carbonyl (C=O) groups excluding carboxylic acids is 1. The molecule has 1 aromatic heterocycles. The smallest absolute Gasteiger partial charge is 0.276 e. The van der Waals surface area contributed by atoms with Crippen molar-refractivity contribution in [2.45, 2.75) is 13.2 Å². The van der Waals surface area contributed by atoms with Gasteiger partial charge in [-0.25, -0.2) is 0 Å². The van der Waals surface area contributed by atoms with E-state index in [2.05, 4.69) is 16.1 Å². The first-order valence-electron chi connectivity index (χ1n) is 10.4. The Morgan fingerprint density at radius 1 is 0.935 bits per heavy atom. The zero-order valence-corrected chi connectivity index (χ0v) is 16.9. The first-order valence-corrected chi connectivity index (χ1v) is 10.4. The van der Waals surface area contributed by atoms with E-state index in [9.17, 15) is 4.79 Å². The largest absolute Gasteiger partial charge is 0.488 e. The molecule has 3 aliphatic rings. The van der Waals surface area contributed by atoms with Crippen LogP contribution in [-0.4, -0.2) is 53.8 Å². The molecule has 31 heavy (non-hydrogen) atoms. The molecule has 3 aromatic rings. The Bertz CT molecular complexity index is 1150. The second kappa shape index (κ2) is 7.31. The summed E-state index contributed by atoms with van der Waals surface area (Å²) in [6.45, 7) is 4.25. The highest BCUT2D eigenvalue weighted by atomic mass is 16.7. The molecule has 0 spiro atoms. The lowest BCUT2D eigenvalue weighted by atomic mass is 10.0. The maximum Gasteiger partial charge on any atom is 0.276 e. The maximum atomic E-state index is 13.1. The van der Waals surface area contributed by atoms with Gasteiger partial charge in [0.1, 0.15) is 12.4 Å². The summed E-state index contributed by atoms with van der Waals surface area (Å²) in [6.07, 6.45) is 0. The Morgan fingerprint density at radius 3 is 2.68 bits per heavy atom. The molecule has 0 radical (unpaired) electrons. The van der Waals surface area contributed by atoms with Crippen molar-refractivity contribution < 1.29 is 23.5 Å². The van der Waals surface area contributed by atoms with E-state index in [4.69, 9.17) is 18.7 Å². The van der Waals surface area contributed by atoms with Gasteiger partial charge in [0.05, 0.1) is 11.1 Å². The van der Waals surface area contributed by atoms with Crippen molar-refractivity contribution in [2.24, 2.45) is 0 Å². The molecule has 2 aromatic carbocycles. The van der Waals surface area contributed by atoms with E-state index >= 15 is 0 Å². The molecule has 0 N–H and O–H groups in total. The van der Waals surface area contributed by atoms with Gasteiger partial charge < -0.3 is 23.6 Å². The molecule has 1 saturated heterocycles. The normalized spacial score (nSPS) is 17.1. The number of fused-ring (bicyclic) bond motifs is 4. The molecule has 1 amide bonds. The summed E-state index contributed by atoms with van der Waals surface area (Å²) in [4.78, 5) is 17.3. The van der Waals surface area contributed by atoms with Crippen LogP contribution >= 0.6 is 0 Å². The highest BCUT2D eigenvalue weighted by Gasteiger charge is 2.32. The fraction of sp³-hybridized carbons (Fsp3) is 0.304. The Hall–Kier alpha value is -3.52. The van der Waals surface area contributed by atoms with Crippen LogP contribution in [0, 0.1) is 0 Å². The molecule has 4 heterocycles. The Kier molecular flexibility index (Phi) is 4.31. The predicted octanol–water partition coefficient (Wildman–Crippen LogP) is 2.92. The van der Waals surface area contributed by atoms with Gasteiger partial charge >= 0.3 is 0 Å². The number of amides is 1. The van der Waals surface area contributed by atoms with Gasteiger partial charge in [-0.15, -0.1) is 0 Å². The summed E-state index contributed by atoms with van der Waals surface area (Å²) < 4.78 is 22.2. The van der Waals surface area contributed by atoms with Crippen LogP contribution in [0.15, 0.2) is 47.0 Å². The van der Waals surface area contributed by atoms with Gasteiger partial charge in [0.2, 0.25) is 6.79 Å². The van der Waals surface area contributed by atoms with Gasteiger partial charge in [-0.1, -0.05) is 23.4 Å². The third-order valence-electron chi connectivity index (χ3n) is 6.00. The summed E-state index contributed by atoms with van der Waals surface area (Å²) in [7, 11) is 0. The Balaban J connectivity index is 1.12. The van der Waals surface area contributed by atoms with Gasteiger partial charge in [-0.05, 0) is 29.8 Å². The molecule has 6 rings (SSSR count). The number of piperazine rings is 1. The topological polar surface area (TPSA) is 77.3 Å². The van der Waals surface area contributed by atoms with E-state index < -0.39 is 0 Å². The minimum Gasteiger partial charge on any atom is -0.488 e. The average molecular weight is 419 g/mol. The van der Waals surface area contributed by atoms with Crippen LogP contribution in [-0.2, 0) is 13.2 Å². The molecule has 0 aliphatic carbocycles. The summed E-state index contributed by atoms with van der Waals surface area (Å²) >= 11 is 0. The second-order valence-electron chi connectivity index (χ2n) is 7.88. The molecular formula is C23H21N3O5. The standard InChI is InChI=1S/C23H21N3O5/c27-23(21-17-13-28-18-4-2-1-3-16(18)22(17)31-24-21)26-9-7-25(8-10-26)12-15-5-6-19-20(11-15)30-14-29-19/h1-6,11H,7-10,12-14H2. The molecule has 1 fully saturated rings. The third kappa shape index (κ3) is 3.19. The predicted molar refractivity (Wildman–Crippen MR) is 110 cm³/mol. The number of hydrogen-bond acceptors (Lipinski definition) is 7. The number of ether oxygens (including phenoxy) is 3. The van der Waals surface area contributed by atoms with Crippen molar-refractivity contribution in [3.05, 3.63) is 59.3 Å². The molecule has 158 valence electrons. The van der Waals surface area contributed by atoms with Crippen LogP contribution in [0.5, 0.6) is 17.2 Å². The number of hydrogen-bond donors (Lipinski definition) is 0. The van der Waals surface area contributed by atoms with E-state index in [1.807, 2.05) is 41.3 Å². The zero-order valence-electron chi connectivity index (χ0n) is 16.9. The third-order valence-corrected chi connectivity index (χ3v) is 6.00. The first kappa shape index (κ1) is 18.3. The van der Waals surface area contributed by atoms with E-state index in [1.54, 1.807) is 0 Å². The van der Waals surface area contributed by atoms with Gasteiger partial charge in [0.25, 0.3) is 5.91 Å². The monoisotopic (exact) mass is 419 g/mol. The lowest BCUT2D eigenvalue weighted by Gasteiger charge is -2.34. The second-order valence-corrected chi connectivity index (χ2v) is 7.88. The van der Waals surface area contributed by atoms with Gasteiger partial charge in [-0.2, -0.15) is 0 Å². The van der Waals surface area contributed by atoms with Crippen LogP contribution < -0.4 is 14.2 Å². The minimum atomic E-state index is -0.101. The van der Waals surface area contributed by atoms with Gasteiger partial charge in [0.15, 0.2) is 23.0 Å². The highest BCUT2D eigenvalue weighted by Crippen LogP contribution is 2.39. The van der Waals surface area contributed by atoms with Crippen molar-refractivity contribution in [3.63, 3.8) is 0 Å². The van der Waals surface area contributed by atoms with Crippen LogP contribution in [0.1, 0.15) is 21.6 Å². The Labute approximate surface area is 178 Å². The molecule has 8 nitrogen and oxygen atoms in total. The zero-order chi connectivity index (χ0) is 20.8. The van der Waals surface area contributed by atoms with Crippen molar-refractivity contribution in [2.75, 3.05) is 33.0 Å². The van der Waals surface area contributed by atoms with Crippen molar-refractivity contribution >= 4 is 5.91 Å². The summed E-state index contributed by atoms with van der Waals surface area (Å²) in [5.74, 6) is 2.87. The van der Waals surface area contributed by atoms with E-state index in [-0.39, 0.29) is 12.7 Å². The molecule has 0 bridgehead atoms. The number of benzene rings is 2. The van der Waals surface area contributed by atoms with Crippen LogP contribution in [0.2, 0.25) is 0 Å². The lowest BCUT2D eigenvalue weighted by molar-refractivity contribution is 0.0616. The summed E-state index contributed by atoms with van der Waals surface area (Å²) in [5.41, 5.74) is 3.09. The summed E-state index contributed by atoms with van der Waals surface area (Å²) in [5, 5.41) is 4.11. The number of nitrogens with zero attached hydrogens (tertiary/aromatic N) is 3. The summed E-state index contributed by atoms with van der Waals surface area (Å²) in [6, 6.07) is 13.7. The fourth-order valence-electron chi connectivity index (χ4n) is 4.31. The molecular weight excluding hydrogens is 398 g/mol. The molecule has 0 atom stereocenters. The van der Waals surface area contributed by atoms with Crippen LogP contribution in [0.4, 0.5) is 0 Å². The number of para-hydroxylation sites is 1. The van der Waals surface area contributed by atoms with Crippen molar-refractivity contribution in [1.82, 2.24) is 15.0 Å². The molecule has 0 unspecified atom stereocenters. The van der Waals surface area contributed by atoms with E-state index in [0.29, 0.717) is 31.2 Å².